The molecule has 1 aliphatic heterocycles. The van der Waals surface area contributed by atoms with Gasteiger partial charge in [-0.05, 0) is 62.9 Å². The molecule has 1 fully saturated rings. The molecule has 0 aromatic heterocycles. The lowest BCUT2D eigenvalue weighted by molar-refractivity contribution is -0.171. The molecule has 2 N–H and O–H groups in total. The summed E-state index contributed by atoms with van der Waals surface area (Å²) in [7, 11) is 0. The molecule has 5 heteroatoms. The summed E-state index contributed by atoms with van der Waals surface area (Å²) in [5, 5.41) is 0. The van der Waals surface area contributed by atoms with Crippen LogP contribution in [0.15, 0.2) is 23.8 Å². The first-order valence-electron chi connectivity index (χ1n) is 12.0. The number of esters is 2. The van der Waals surface area contributed by atoms with Crippen molar-refractivity contribution in [1.82, 2.24) is 0 Å². The summed E-state index contributed by atoms with van der Waals surface area (Å²) in [5.41, 5.74) is 6.59. The fourth-order valence-electron chi connectivity index (χ4n) is 5.57. The Kier molecular flexibility index (Phi) is 7.05. The van der Waals surface area contributed by atoms with E-state index in [4.69, 9.17) is 15.2 Å². The lowest BCUT2D eigenvalue weighted by Gasteiger charge is -2.52. The fourth-order valence-corrected chi connectivity index (χ4v) is 5.57. The monoisotopic (exact) mass is 431 g/mol. The fraction of sp³-hybridized carbons (Fsp3) is 0.769. The lowest BCUT2D eigenvalue weighted by atomic mass is 9.55. The number of carbonyl (C=O) groups is 2. The van der Waals surface area contributed by atoms with Gasteiger partial charge in [-0.3, -0.25) is 9.59 Å². The number of carbonyl (C=O) groups excluding carboxylic acids is 2. The number of rotatable bonds is 6. The van der Waals surface area contributed by atoms with Gasteiger partial charge < -0.3 is 15.2 Å². The molecule has 0 bridgehead atoms. The topological polar surface area (TPSA) is 78.6 Å². The summed E-state index contributed by atoms with van der Waals surface area (Å²) in [6, 6.07) is -0.110. The molecule has 31 heavy (non-hydrogen) atoms. The quantitative estimate of drug-likeness (QED) is 0.603. The van der Waals surface area contributed by atoms with E-state index in [9.17, 15) is 9.59 Å². The molecular formula is C26H41NO4. The maximum Gasteiger partial charge on any atom is 0.311 e. The highest BCUT2D eigenvalue weighted by atomic mass is 16.5. The van der Waals surface area contributed by atoms with E-state index in [1.54, 1.807) is 0 Å². The molecule has 1 saturated heterocycles. The van der Waals surface area contributed by atoms with Gasteiger partial charge in [0.05, 0.1) is 11.8 Å². The minimum absolute atomic E-state index is 0.109. The second-order valence-corrected chi connectivity index (χ2v) is 11.0. The Morgan fingerprint density at radius 2 is 2.00 bits per heavy atom. The van der Waals surface area contributed by atoms with E-state index in [1.807, 2.05) is 20.8 Å². The largest absolute Gasteiger partial charge is 0.462 e. The predicted molar refractivity (Wildman–Crippen MR) is 122 cm³/mol. The zero-order chi connectivity index (χ0) is 23.0. The van der Waals surface area contributed by atoms with Crippen molar-refractivity contribution < 1.29 is 19.1 Å². The molecule has 0 aromatic carbocycles. The number of fused-ring (bicyclic) bond motifs is 1. The van der Waals surface area contributed by atoms with Crippen LogP contribution in [0.25, 0.3) is 0 Å². The number of nitrogens with two attached hydrogens (primary N) is 1. The molecule has 0 amide bonds. The Hall–Kier alpha value is -1.62. The van der Waals surface area contributed by atoms with Gasteiger partial charge in [0.1, 0.15) is 12.2 Å². The molecule has 174 valence electrons. The molecule has 1 heterocycles. The number of cyclic esters (lactones) is 1. The van der Waals surface area contributed by atoms with Crippen LogP contribution in [-0.2, 0) is 19.1 Å². The number of hydrogen-bond acceptors (Lipinski definition) is 5. The predicted octanol–water partition coefficient (Wildman–Crippen LogP) is 4.94. The standard InChI is InChI=1S/C26H41NO4/c1-7-25(4,5)24(29)31-22-13-16(2)12-18-9-8-17(3)21(26(18,22)6)11-10-20-14-19(27)15-23(28)30-20/h8-9,12,16-17,19-22H,7,10-11,13-15,27H2,1-6H3/t16-,17-,19+,20+,21-,22-,26-/m0/s1. The van der Waals surface area contributed by atoms with Crippen molar-refractivity contribution in [2.75, 3.05) is 0 Å². The SMILES string of the molecule is CCC(C)(C)C(=O)O[C@H]1C[C@@H](C)C=C2C=C[C@H](C)[C@H](CC[C@@H]3C[C@@H](N)CC(=O)O3)[C@]21C. The van der Waals surface area contributed by atoms with Crippen LogP contribution in [0.1, 0.15) is 80.1 Å². The molecule has 0 unspecified atom stereocenters. The van der Waals surface area contributed by atoms with Crippen molar-refractivity contribution in [3.63, 3.8) is 0 Å². The first-order chi connectivity index (χ1) is 14.5. The van der Waals surface area contributed by atoms with Crippen molar-refractivity contribution in [1.29, 1.82) is 0 Å². The van der Waals surface area contributed by atoms with Gasteiger partial charge >= 0.3 is 11.9 Å². The molecule has 0 saturated carbocycles. The smallest absolute Gasteiger partial charge is 0.311 e. The van der Waals surface area contributed by atoms with Crippen molar-refractivity contribution in [2.24, 2.45) is 34.3 Å². The molecule has 5 nitrogen and oxygen atoms in total. The zero-order valence-electron chi connectivity index (χ0n) is 20.1. The van der Waals surface area contributed by atoms with Gasteiger partial charge in [-0.15, -0.1) is 0 Å². The number of hydrogen-bond donors (Lipinski definition) is 1. The second-order valence-electron chi connectivity index (χ2n) is 11.0. The number of allylic oxidation sites excluding steroid dienone is 3. The Balaban J connectivity index is 1.84. The highest BCUT2D eigenvalue weighted by molar-refractivity contribution is 5.76. The highest BCUT2D eigenvalue weighted by Crippen LogP contribution is 2.54. The minimum atomic E-state index is -0.487. The zero-order valence-corrected chi connectivity index (χ0v) is 20.1. The summed E-state index contributed by atoms with van der Waals surface area (Å²) in [6.45, 7) is 12.7. The average molecular weight is 432 g/mol. The molecular weight excluding hydrogens is 390 g/mol. The van der Waals surface area contributed by atoms with Gasteiger partial charge in [0.25, 0.3) is 0 Å². The Bertz CT molecular complexity index is 755. The van der Waals surface area contributed by atoms with Crippen LogP contribution in [0.5, 0.6) is 0 Å². The molecule has 7 atom stereocenters. The first-order valence-corrected chi connectivity index (χ1v) is 12.0. The summed E-state index contributed by atoms with van der Waals surface area (Å²) in [4.78, 5) is 24.9. The molecule has 3 aliphatic rings. The minimum Gasteiger partial charge on any atom is -0.462 e. The van der Waals surface area contributed by atoms with Crippen LogP contribution in [-0.4, -0.2) is 30.2 Å². The average Bonchev–Trinajstić information content (AvgIpc) is 2.68. The van der Waals surface area contributed by atoms with Crippen LogP contribution in [0, 0.1) is 28.6 Å². The summed E-state index contributed by atoms with van der Waals surface area (Å²) >= 11 is 0. The van der Waals surface area contributed by atoms with Gasteiger partial charge in [0.15, 0.2) is 0 Å². The van der Waals surface area contributed by atoms with Crippen molar-refractivity contribution in [2.45, 2.75) is 98.3 Å². The Morgan fingerprint density at radius 3 is 2.65 bits per heavy atom. The number of ether oxygens (including phenoxy) is 2. The van der Waals surface area contributed by atoms with Gasteiger partial charge in [-0.2, -0.15) is 0 Å². The third kappa shape index (κ3) is 4.92. The summed E-state index contributed by atoms with van der Waals surface area (Å²) in [5.74, 6) is 0.719. The van der Waals surface area contributed by atoms with Gasteiger partial charge in [-0.1, -0.05) is 45.9 Å². The highest BCUT2D eigenvalue weighted by Gasteiger charge is 2.51. The van der Waals surface area contributed by atoms with E-state index in [0.717, 1.165) is 32.1 Å². The maximum atomic E-state index is 13.0. The van der Waals surface area contributed by atoms with Crippen LogP contribution in [0.3, 0.4) is 0 Å². The van der Waals surface area contributed by atoms with E-state index in [0.29, 0.717) is 24.2 Å². The van der Waals surface area contributed by atoms with Gasteiger partial charge in [0, 0.05) is 17.9 Å². The Morgan fingerprint density at radius 1 is 1.29 bits per heavy atom. The maximum absolute atomic E-state index is 13.0. The summed E-state index contributed by atoms with van der Waals surface area (Å²) < 4.78 is 11.9. The summed E-state index contributed by atoms with van der Waals surface area (Å²) in [6.07, 6.45) is 10.9. The van der Waals surface area contributed by atoms with Crippen LogP contribution >= 0.6 is 0 Å². The first kappa shape index (κ1) is 24.0. The van der Waals surface area contributed by atoms with Crippen LogP contribution in [0.2, 0.25) is 0 Å². The van der Waals surface area contributed by atoms with E-state index in [2.05, 4.69) is 39.0 Å². The molecule has 3 rings (SSSR count). The van der Waals surface area contributed by atoms with Gasteiger partial charge in [0.2, 0.25) is 0 Å². The second kappa shape index (κ2) is 9.09. The molecule has 0 radical (unpaired) electrons. The van der Waals surface area contributed by atoms with E-state index in [1.165, 1.54) is 5.57 Å². The Labute approximate surface area is 187 Å². The normalized spacial score (nSPS) is 38.2. The molecule has 0 spiro atoms. The third-order valence-corrected chi connectivity index (χ3v) is 8.10. The van der Waals surface area contributed by atoms with E-state index >= 15 is 0 Å². The van der Waals surface area contributed by atoms with Crippen molar-refractivity contribution in [3.8, 4) is 0 Å². The lowest BCUT2D eigenvalue weighted by Crippen LogP contribution is -2.50. The van der Waals surface area contributed by atoms with Crippen LogP contribution in [0.4, 0.5) is 0 Å². The van der Waals surface area contributed by atoms with E-state index in [-0.39, 0.29) is 35.6 Å². The van der Waals surface area contributed by atoms with Crippen LogP contribution < -0.4 is 5.73 Å². The van der Waals surface area contributed by atoms with Crippen molar-refractivity contribution >= 4 is 11.9 Å². The van der Waals surface area contributed by atoms with E-state index < -0.39 is 5.41 Å². The molecule has 2 aliphatic carbocycles. The van der Waals surface area contributed by atoms with Gasteiger partial charge in [-0.25, -0.2) is 0 Å². The molecule has 0 aromatic rings. The third-order valence-electron chi connectivity index (χ3n) is 8.10. The van der Waals surface area contributed by atoms with Crippen molar-refractivity contribution in [3.05, 3.63) is 23.8 Å².